The van der Waals surface area contributed by atoms with Crippen LogP contribution in [0.5, 0.6) is 0 Å². The monoisotopic (exact) mass is 846 g/mol. The molecule has 8 aliphatic rings. The molecule has 61 heavy (non-hydrogen) atoms. The number of hydrogen-bond acceptors (Lipinski definition) is 7. The van der Waals surface area contributed by atoms with Crippen molar-refractivity contribution in [3.63, 3.8) is 0 Å². The zero-order valence-electron chi connectivity index (χ0n) is 40.6. The second-order valence-corrected chi connectivity index (χ2v) is 23.5. The first-order valence-corrected chi connectivity index (χ1v) is 27.2. The SMILES string of the molecule is CC(C)CCCC(C)C1CCC2C3CC=C4CC(OC(=O)CCN(CCCN5CCCN6CCCCCC65)CCCN5CCCN6CCCCCC65)CCC4(C)C3CCC12C. The van der Waals surface area contributed by atoms with Gasteiger partial charge in [-0.25, -0.2) is 0 Å². The number of esters is 1. The van der Waals surface area contributed by atoms with E-state index in [9.17, 15) is 4.79 Å². The van der Waals surface area contributed by atoms with Crippen LogP contribution in [0.15, 0.2) is 11.6 Å². The fourth-order valence-electron chi connectivity index (χ4n) is 16.0. The molecule has 4 saturated heterocycles. The third-order valence-corrected chi connectivity index (χ3v) is 19.3. The normalized spacial score (nSPS) is 37.2. The number of carbonyl (C=O) groups excluding carboxylic acids is 1. The molecule has 348 valence electrons. The molecule has 0 N–H and O–H groups in total. The molecule has 0 bridgehead atoms. The van der Waals surface area contributed by atoms with Gasteiger partial charge in [-0.15, -0.1) is 0 Å². The average Bonchev–Trinajstić information content (AvgIpc) is 3.39. The van der Waals surface area contributed by atoms with Gasteiger partial charge >= 0.3 is 5.97 Å². The van der Waals surface area contributed by atoms with E-state index in [0.717, 1.165) is 68.0 Å². The van der Waals surface area contributed by atoms with Crippen LogP contribution in [-0.2, 0) is 9.53 Å². The molecule has 0 spiro atoms. The largest absolute Gasteiger partial charge is 0.462 e. The van der Waals surface area contributed by atoms with E-state index in [1.165, 1.54) is 187 Å². The Kier molecular flexibility index (Phi) is 16.4. The van der Waals surface area contributed by atoms with Crippen molar-refractivity contribution >= 4 is 5.97 Å². The van der Waals surface area contributed by atoms with Crippen LogP contribution >= 0.6 is 0 Å². The molecule has 0 amide bonds. The summed E-state index contributed by atoms with van der Waals surface area (Å²) in [5.74, 6) is 5.23. The third kappa shape index (κ3) is 11.0. The van der Waals surface area contributed by atoms with Crippen LogP contribution in [0.3, 0.4) is 0 Å². The van der Waals surface area contributed by atoms with Gasteiger partial charge in [-0.2, -0.15) is 0 Å². The maximum atomic E-state index is 13.8. The van der Waals surface area contributed by atoms with Crippen LogP contribution in [0, 0.1) is 46.3 Å². The number of nitrogens with zero attached hydrogens (tertiary/aromatic N) is 5. The van der Waals surface area contributed by atoms with Gasteiger partial charge in [-0.05, 0) is 169 Å². The van der Waals surface area contributed by atoms with E-state index in [1.807, 2.05) is 0 Å². The molecule has 4 heterocycles. The lowest BCUT2D eigenvalue weighted by Gasteiger charge is -2.58. The molecule has 0 aromatic rings. The Hall–Kier alpha value is -0.990. The molecule has 10 unspecified atom stereocenters. The highest BCUT2D eigenvalue weighted by Gasteiger charge is 2.59. The summed E-state index contributed by atoms with van der Waals surface area (Å²) in [6.07, 6.45) is 35.2. The molecule has 0 aromatic heterocycles. The van der Waals surface area contributed by atoms with E-state index >= 15 is 0 Å². The van der Waals surface area contributed by atoms with Crippen molar-refractivity contribution in [3.05, 3.63) is 11.6 Å². The van der Waals surface area contributed by atoms with Gasteiger partial charge < -0.3 is 9.64 Å². The van der Waals surface area contributed by atoms with Crippen LogP contribution in [0.1, 0.15) is 189 Å². The van der Waals surface area contributed by atoms with Gasteiger partial charge in [-0.3, -0.25) is 24.4 Å². The lowest BCUT2D eigenvalue weighted by molar-refractivity contribution is -0.152. The smallest absolute Gasteiger partial charge is 0.307 e. The molecule has 4 aliphatic heterocycles. The topological polar surface area (TPSA) is 42.5 Å². The Labute approximate surface area is 375 Å². The van der Waals surface area contributed by atoms with Gasteiger partial charge in [0, 0.05) is 52.2 Å². The maximum Gasteiger partial charge on any atom is 0.307 e. The van der Waals surface area contributed by atoms with Gasteiger partial charge in [0.05, 0.1) is 18.8 Å². The minimum Gasteiger partial charge on any atom is -0.462 e. The van der Waals surface area contributed by atoms with Crippen molar-refractivity contribution in [3.8, 4) is 0 Å². The summed E-state index contributed by atoms with van der Waals surface area (Å²) in [6.45, 7) is 25.9. The molecule has 7 heteroatoms. The summed E-state index contributed by atoms with van der Waals surface area (Å²) in [7, 11) is 0. The molecular formula is C54H95N5O2. The number of allylic oxidation sites excluding steroid dienone is 1. The quantitative estimate of drug-likeness (QED) is 0.107. The molecule has 3 saturated carbocycles. The standard InChI is InChI=1S/C54H95N5O2/c1-42(2)17-12-18-43(3)47-23-24-48-46-22-21-44-41-45(25-28-53(44,4)49(46)26-29-54(47,48)5)61-52(60)27-40-55(30-13-34-58-38-15-36-56-32-10-6-8-19-50(56)58)31-14-35-59-39-16-37-57-33-11-7-9-20-51(57)59/h21,42-43,45-51H,6-20,22-41H2,1-5H3. The summed E-state index contributed by atoms with van der Waals surface area (Å²) in [6, 6.07) is 0. The maximum absolute atomic E-state index is 13.8. The van der Waals surface area contributed by atoms with Crippen LogP contribution in [-0.4, -0.2) is 121 Å². The van der Waals surface area contributed by atoms with Gasteiger partial charge in [0.15, 0.2) is 0 Å². The predicted molar refractivity (Wildman–Crippen MR) is 253 cm³/mol. The highest BCUT2D eigenvalue weighted by molar-refractivity contribution is 5.69. The predicted octanol–water partition coefficient (Wildman–Crippen LogP) is 11.2. The lowest BCUT2D eigenvalue weighted by Crippen LogP contribution is -2.54. The van der Waals surface area contributed by atoms with E-state index < -0.39 is 0 Å². The van der Waals surface area contributed by atoms with Gasteiger partial charge in [0.2, 0.25) is 0 Å². The Morgan fingerprint density at radius 2 is 1.36 bits per heavy atom. The number of ether oxygens (including phenoxy) is 1. The van der Waals surface area contributed by atoms with E-state index in [0.29, 0.717) is 29.6 Å². The molecule has 0 aromatic carbocycles. The summed E-state index contributed by atoms with van der Waals surface area (Å²) < 4.78 is 6.45. The third-order valence-electron chi connectivity index (χ3n) is 19.3. The van der Waals surface area contributed by atoms with Crippen LogP contribution < -0.4 is 0 Å². The zero-order chi connectivity index (χ0) is 42.4. The highest BCUT2D eigenvalue weighted by atomic mass is 16.5. The van der Waals surface area contributed by atoms with Crippen molar-refractivity contribution in [2.75, 3.05) is 72.0 Å². The minimum absolute atomic E-state index is 0.0519. The molecule has 7 nitrogen and oxygen atoms in total. The Bertz CT molecular complexity index is 1380. The molecular weight excluding hydrogens is 751 g/mol. The second-order valence-electron chi connectivity index (χ2n) is 23.5. The van der Waals surface area contributed by atoms with Gasteiger partial charge in [-0.1, -0.05) is 91.2 Å². The van der Waals surface area contributed by atoms with Crippen molar-refractivity contribution in [1.29, 1.82) is 0 Å². The summed E-state index contributed by atoms with van der Waals surface area (Å²) in [5.41, 5.74) is 2.48. The van der Waals surface area contributed by atoms with Crippen molar-refractivity contribution in [2.24, 2.45) is 46.3 Å². The first kappa shape index (κ1) is 46.5. The number of hydrogen-bond donors (Lipinski definition) is 0. The molecule has 4 aliphatic carbocycles. The highest BCUT2D eigenvalue weighted by Crippen LogP contribution is 2.67. The molecule has 7 fully saturated rings. The van der Waals surface area contributed by atoms with E-state index in [2.05, 4.69) is 65.2 Å². The van der Waals surface area contributed by atoms with Crippen LogP contribution in [0.2, 0.25) is 0 Å². The van der Waals surface area contributed by atoms with E-state index in [1.54, 1.807) is 5.57 Å². The Morgan fingerprint density at radius 1 is 0.705 bits per heavy atom. The first-order chi connectivity index (χ1) is 29.6. The molecule has 0 radical (unpaired) electrons. The first-order valence-electron chi connectivity index (χ1n) is 27.2. The fourth-order valence-corrected chi connectivity index (χ4v) is 16.0. The van der Waals surface area contributed by atoms with Crippen LogP contribution in [0.25, 0.3) is 0 Å². The van der Waals surface area contributed by atoms with Crippen molar-refractivity contribution in [1.82, 2.24) is 24.5 Å². The summed E-state index contributed by atoms with van der Waals surface area (Å²) in [5, 5.41) is 0. The lowest BCUT2D eigenvalue weighted by atomic mass is 9.47. The van der Waals surface area contributed by atoms with Crippen molar-refractivity contribution < 1.29 is 9.53 Å². The summed E-state index contributed by atoms with van der Waals surface area (Å²) in [4.78, 5) is 27.6. The molecule has 10 atom stereocenters. The van der Waals surface area contributed by atoms with Crippen molar-refractivity contribution in [2.45, 2.75) is 207 Å². The Balaban J connectivity index is 0.835. The Morgan fingerprint density at radius 3 is 2.02 bits per heavy atom. The summed E-state index contributed by atoms with van der Waals surface area (Å²) >= 11 is 0. The average molecular weight is 846 g/mol. The number of carbonyl (C=O) groups is 1. The minimum atomic E-state index is 0.0519. The zero-order valence-corrected chi connectivity index (χ0v) is 40.6. The van der Waals surface area contributed by atoms with Crippen LogP contribution in [0.4, 0.5) is 0 Å². The van der Waals surface area contributed by atoms with Gasteiger partial charge in [0.25, 0.3) is 0 Å². The van der Waals surface area contributed by atoms with E-state index in [4.69, 9.17) is 4.74 Å². The fraction of sp³-hybridized carbons (Fsp3) is 0.944. The number of fused-ring (bicyclic) bond motifs is 7. The van der Waals surface area contributed by atoms with Gasteiger partial charge in [0.1, 0.15) is 6.10 Å². The second kappa shape index (κ2) is 21.5. The number of rotatable bonds is 17. The van der Waals surface area contributed by atoms with E-state index in [-0.39, 0.29) is 12.1 Å². The molecule has 8 rings (SSSR count).